The lowest BCUT2D eigenvalue weighted by Crippen LogP contribution is -2.28. The predicted molar refractivity (Wildman–Crippen MR) is 73.9 cm³/mol. The number of fused-ring (bicyclic) bond motifs is 1. The molecule has 1 heterocycles. The normalized spacial score (nSPS) is 17.8. The quantitative estimate of drug-likeness (QED) is 0.866. The minimum Gasteiger partial charge on any atom is -0.348 e. The fraction of sp³-hybridized carbons (Fsp3) is 0.333. The Labute approximate surface area is 112 Å². The molecule has 1 aromatic heterocycles. The molecule has 0 radical (unpaired) electrons. The molecule has 2 aromatic rings. The molecule has 1 atom stereocenters. The van der Waals surface area contributed by atoms with E-state index >= 15 is 0 Å². The van der Waals surface area contributed by atoms with Crippen molar-refractivity contribution in [2.24, 2.45) is 5.92 Å². The van der Waals surface area contributed by atoms with Gasteiger partial charge in [0.15, 0.2) is 0 Å². The molecule has 3 rings (SSSR count). The van der Waals surface area contributed by atoms with E-state index in [1.54, 1.807) is 6.33 Å². The number of nitrogens with zero attached hydrogens (tertiary/aromatic N) is 1. The van der Waals surface area contributed by atoms with Crippen molar-refractivity contribution in [1.82, 2.24) is 9.97 Å². The summed E-state index contributed by atoms with van der Waals surface area (Å²) < 4.78 is 0. The van der Waals surface area contributed by atoms with E-state index in [4.69, 9.17) is 0 Å². The van der Waals surface area contributed by atoms with Gasteiger partial charge in [-0.15, -0.1) is 0 Å². The van der Waals surface area contributed by atoms with Crippen molar-refractivity contribution in [2.45, 2.75) is 26.2 Å². The summed E-state index contributed by atoms with van der Waals surface area (Å²) in [4.78, 5) is 19.6. The molecule has 1 amide bonds. The van der Waals surface area contributed by atoms with Gasteiger partial charge in [-0.05, 0) is 37.5 Å². The summed E-state index contributed by atoms with van der Waals surface area (Å²) in [5.41, 5.74) is 4.24. The third kappa shape index (κ3) is 2.52. The van der Waals surface area contributed by atoms with Gasteiger partial charge in [-0.25, -0.2) is 4.98 Å². The highest BCUT2D eigenvalue weighted by Gasteiger charge is 2.26. The smallest absolute Gasteiger partial charge is 0.227 e. The number of carbonyl (C=O) groups is 1. The van der Waals surface area contributed by atoms with Gasteiger partial charge in [0.25, 0.3) is 0 Å². The Hall–Kier alpha value is -2.10. The van der Waals surface area contributed by atoms with E-state index in [9.17, 15) is 4.79 Å². The first-order chi connectivity index (χ1) is 9.22. The molecular formula is C15H17N3O. The number of amides is 1. The second-order valence-electron chi connectivity index (χ2n) is 5.13. The molecule has 98 valence electrons. The van der Waals surface area contributed by atoms with E-state index in [1.807, 2.05) is 31.2 Å². The number of aromatic nitrogens is 2. The van der Waals surface area contributed by atoms with Crippen molar-refractivity contribution >= 4 is 11.6 Å². The van der Waals surface area contributed by atoms with Gasteiger partial charge in [0.05, 0.1) is 12.0 Å². The lowest BCUT2D eigenvalue weighted by atomic mass is 9.89. The second kappa shape index (κ2) is 4.88. The highest BCUT2D eigenvalue weighted by molar-refractivity contribution is 5.92. The van der Waals surface area contributed by atoms with E-state index in [0.29, 0.717) is 0 Å². The van der Waals surface area contributed by atoms with E-state index in [2.05, 4.69) is 15.3 Å². The molecule has 4 nitrogen and oxygen atoms in total. The molecule has 0 saturated carbocycles. The molecule has 0 bridgehead atoms. The monoisotopic (exact) mass is 255 g/mol. The van der Waals surface area contributed by atoms with E-state index in [1.165, 1.54) is 0 Å². The summed E-state index contributed by atoms with van der Waals surface area (Å²) in [5.74, 6) is 0.138. The van der Waals surface area contributed by atoms with E-state index < -0.39 is 0 Å². The first-order valence-electron chi connectivity index (χ1n) is 6.61. The van der Waals surface area contributed by atoms with Crippen LogP contribution in [0.2, 0.25) is 0 Å². The Morgan fingerprint density at radius 2 is 2.37 bits per heavy atom. The Bertz CT molecular complexity index is 603. The maximum atomic E-state index is 12.3. The summed E-state index contributed by atoms with van der Waals surface area (Å²) >= 11 is 0. The summed E-state index contributed by atoms with van der Waals surface area (Å²) in [6.45, 7) is 2.02. The summed E-state index contributed by atoms with van der Waals surface area (Å²) in [5, 5.41) is 3.00. The van der Waals surface area contributed by atoms with Crippen molar-refractivity contribution in [3.8, 4) is 0 Å². The molecule has 1 unspecified atom stereocenters. The second-order valence-corrected chi connectivity index (χ2v) is 5.13. The van der Waals surface area contributed by atoms with E-state index in [-0.39, 0.29) is 11.8 Å². The molecule has 4 heteroatoms. The Kier molecular flexibility index (Phi) is 3.07. The van der Waals surface area contributed by atoms with Gasteiger partial charge in [0.2, 0.25) is 5.91 Å². The van der Waals surface area contributed by atoms with Gasteiger partial charge in [-0.2, -0.15) is 0 Å². The third-order valence-corrected chi connectivity index (χ3v) is 3.64. The molecule has 1 aliphatic rings. The van der Waals surface area contributed by atoms with Crippen molar-refractivity contribution in [3.05, 3.63) is 47.5 Å². The average molecular weight is 255 g/mol. The highest BCUT2D eigenvalue weighted by atomic mass is 16.1. The van der Waals surface area contributed by atoms with Crippen LogP contribution in [-0.2, 0) is 17.6 Å². The zero-order valence-electron chi connectivity index (χ0n) is 10.9. The van der Waals surface area contributed by atoms with Crippen LogP contribution in [0.1, 0.15) is 23.4 Å². The van der Waals surface area contributed by atoms with E-state index in [0.717, 1.165) is 41.9 Å². The number of nitrogens with one attached hydrogen (secondary N) is 2. The number of hydrogen-bond donors (Lipinski definition) is 2. The molecule has 0 aliphatic heterocycles. The Morgan fingerprint density at radius 1 is 1.47 bits per heavy atom. The van der Waals surface area contributed by atoms with Crippen LogP contribution in [0.5, 0.6) is 0 Å². The van der Waals surface area contributed by atoms with Gasteiger partial charge in [-0.1, -0.05) is 12.1 Å². The average Bonchev–Trinajstić information content (AvgIpc) is 2.85. The number of rotatable bonds is 2. The SMILES string of the molecule is Cc1cccc(NC(=O)C2CCc3nc[nH]c3C2)c1. The van der Waals surface area contributed by atoms with Gasteiger partial charge < -0.3 is 10.3 Å². The lowest BCUT2D eigenvalue weighted by Gasteiger charge is -2.20. The molecule has 2 N–H and O–H groups in total. The molecule has 0 fully saturated rings. The lowest BCUT2D eigenvalue weighted by molar-refractivity contribution is -0.120. The molecule has 19 heavy (non-hydrogen) atoms. The minimum atomic E-state index is 0.0356. The van der Waals surface area contributed by atoms with Crippen LogP contribution in [0.3, 0.4) is 0 Å². The highest BCUT2D eigenvalue weighted by Crippen LogP contribution is 2.24. The number of imidazole rings is 1. The van der Waals surface area contributed by atoms with Gasteiger partial charge in [0, 0.05) is 23.7 Å². The van der Waals surface area contributed by atoms with Gasteiger partial charge in [0.1, 0.15) is 0 Å². The maximum absolute atomic E-state index is 12.3. The Morgan fingerprint density at radius 3 is 3.21 bits per heavy atom. The van der Waals surface area contributed by atoms with Crippen molar-refractivity contribution in [2.75, 3.05) is 5.32 Å². The topological polar surface area (TPSA) is 57.8 Å². The van der Waals surface area contributed by atoms with Gasteiger partial charge >= 0.3 is 0 Å². The van der Waals surface area contributed by atoms with Crippen LogP contribution < -0.4 is 5.32 Å². The number of aromatic amines is 1. The summed E-state index contributed by atoms with van der Waals surface area (Å²) in [6.07, 6.45) is 4.22. The largest absolute Gasteiger partial charge is 0.348 e. The first-order valence-corrected chi connectivity index (χ1v) is 6.61. The molecule has 0 saturated heterocycles. The number of aryl methyl sites for hydroxylation is 2. The molecule has 1 aliphatic carbocycles. The zero-order valence-corrected chi connectivity index (χ0v) is 10.9. The number of anilines is 1. The fourth-order valence-electron chi connectivity index (χ4n) is 2.59. The van der Waals surface area contributed by atoms with Crippen LogP contribution in [0.25, 0.3) is 0 Å². The first kappa shape index (κ1) is 12.0. The zero-order chi connectivity index (χ0) is 13.2. The molecule has 1 aromatic carbocycles. The summed E-state index contributed by atoms with van der Waals surface area (Å²) in [6, 6.07) is 7.89. The minimum absolute atomic E-state index is 0.0356. The molecule has 0 spiro atoms. The van der Waals surface area contributed by atoms with Crippen molar-refractivity contribution in [3.63, 3.8) is 0 Å². The number of H-pyrrole nitrogens is 1. The van der Waals surface area contributed by atoms with Crippen LogP contribution in [0.4, 0.5) is 5.69 Å². The maximum Gasteiger partial charge on any atom is 0.227 e. The standard InChI is InChI=1S/C15H17N3O/c1-10-3-2-4-12(7-10)18-15(19)11-5-6-13-14(8-11)17-9-16-13/h2-4,7,9,11H,5-6,8H2,1H3,(H,16,17)(H,18,19). The van der Waals surface area contributed by atoms with Crippen LogP contribution in [0, 0.1) is 12.8 Å². The van der Waals surface area contributed by atoms with Crippen LogP contribution in [-0.4, -0.2) is 15.9 Å². The van der Waals surface area contributed by atoms with Crippen LogP contribution in [0.15, 0.2) is 30.6 Å². The fourth-order valence-corrected chi connectivity index (χ4v) is 2.59. The third-order valence-electron chi connectivity index (χ3n) is 3.64. The Balaban J connectivity index is 1.69. The number of hydrogen-bond acceptors (Lipinski definition) is 2. The van der Waals surface area contributed by atoms with Gasteiger partial charge in [-0.3, -0.25) is 4.79 Å². The van der Waals surface area contributed by atoms with Crippen LogP contribution >= 0.6 is 0 Å². The summed E-state index contributed by atoms with van der Waals surface area (Å²) in [7, 11) is 0. The molecular weight excluding hydrogens is 238 g/mol. The van der Waals surface area contributed by atoms with Crippen molar-refractivity contribution < 1.29 is 4.79 Å². The predicted octanol–water partition coefficient (Wildman–Crippen LogP) is 2.46. The van der Waals surface area contributed by atoms with Crippen molar-refractivity contribution in [1.29, 1.82) is 0 Å². The number of benzene rings is 1. The number of carbonyl (C=O) groups excluding carboxylic acids is 1.